The molecule has 3 rings (SSSR count). The highest BCUT2D eigenvalue weighted by molar-refractivity contribution is 5.81. The number of aromatic nitrogens is 1. The summed E-state index contributed by atoms with van der Waals surface area (Å²) in [6.07, 6.45) is 3.23. The number of hydrogen-bond acceptors (Lipinski definition) is 5. The topological polar surface area (TPSA) is 81.6 Å². The van der Waals surface area contributed by atoms with Crippen molar-refractivity contribution in [1.82, 2.24) is 10.1 Å². The van der Waals surface area contributed by atoms with Crippen molar-refractivity contribution >= 4 is 5.91 Å². The summed E-state index contributed by atoms with van der Waals surface area (Å²) >= 11 is 0. The van der Waals surface area contributed by atoms with Crippen LogP contribution in [0, 0.1) is 6.92 Å². The molecule has 0 bridgehead atoms. The molecule has 2 saturated heterocycles. The van der Waals surface area contributed by atoms with Crippen LogP contribution in [-0.2, 0) is 9.53 Å². The van der Waals surface area contributed by atoms with Gasteiger partial charge in [-0.2, -0.15) is 0 Å². The van der Waals surface area contributed by atoms with Crippen LogP contribution in [0.4, 0.5) is 0 Å². The van der Waals surface area contributed by atoms with Crippen molar-refractivity contribution < 1.29 is 14.1 Å². The Morgan fingerprint density at radius 1 is 1.50 bits per heavy atom. The Balaban J connectivity index is 1.71. The van der Waals surface area contributed by atoms with Crippen LogP contribution in [-0.4, -0.2) is 41.3 Å². The molecule has 2 N–H and O–H groups in total. The molecule has 0 radical (unpaired) electrons. The maximum atomic E-state index is 12.6. The van der Waals surface area contributed by atoms with E-state index in [4.69, 9.17) is 15.0 Å². The Labute approximate surface area is 118 Å². The third-order valence-electron chi connectivity index (χ3n) is 4.16. The van der Waals surface area contributed by atoms with Crippen molar-refractivity contribution in [2.75, 3.05) is 13.1 Å². The van der Waals surface area contributed by atoms with E-state index in [9.17, 15) is 4.79 Å². The largest absolute Gasteiger partial charge is 0.364 e. The van der Waals surface area contributed by atoms with E-state index in [-0.39, 0.29) is 24.2 Å². The van der Waals surface area contributed by atoms with Crippen LogP contribution in [0.25, 0.3) is 0 Å². The molecule has 0 aromatic carbocycles. The van der Waals surface area contributed by atoms with Gasteiger partial charge in [-0.15, -0.1) is 0 Å². The van der Waals surface area contributed by atoms with Crippen LogP contribution >= 0.6 is 0 Å². The molecule has 1 amide bonds. The Hall–Kier alpha value is -1.40. The summed E-state index contributed by atoms with van der Waals surface area (Å²) in [6.45, 7) is 3.13. The molecule has 1 aromatic heterocycles. The van der Waals surface area contributed by atoms with Crippen molar-refractivity contribution in [3.8, 4) is 0 Å². The zero-order valence-electron chi connectivity index (χ0n) is 11.7. The van der Waals surface area contributed by atoms with E-state index in [1.54, 1.807) is 0 Å². The van der Waals surface area contributed by atoms with Crippen molar-refractivity contribution in [1.29, 1.82) is 0 Å². The Morgan fingerprint density at radius 3 is 3.00 bits per heavy atom. The summed E-state index contributed by atoms with van der Waals surface area (Å²) in [5.41, 5.74) is 6.44. The van der Waals surface area contributed by atoms with Gasteiger partial charge in [0.2, 0.25) is 0 Å². The van der Waals surface area contributed by atoms with Crippen LogP contribution in [0.15, 0.2) is 10.6 Å². The number of rotatable bonds is 3. The summed E-state index contributed by atoms with van der Waals surface area (Å²) in [5.74, 6) is 0.847. The van der Waals surface area contributed by atoms with Crippen LogP contribution in [0.1, 0.15) is 43.2 Å². The van der Waals surface area contributed by atoms with Gasteiger partial charge in [0.25, 0.3) is 5.91 Å². The number of carbonyl (C=O) groups excluding carboxylic acids is 1. The minimum absolute atomic E-state index is 0.00391. The Bertz CT molecular complexity index is 488. The Morgan fingerprint density at radius 2 is 2.35 bits per heavy atom. The quantitative estimate of drug-likeness (QED) is 0.897. The van der Waals surface area contributed by atoms with E-state index >= 15 is 0 Å². The van der Waals surface area contributed by atoms with Crippen LogP contribution in [0.5, 0.6) is 0 Å². The molecule has 3 heterocycles. The maximum Gasteiger partial charge on any atom is 0.252 e. The summed E-state index contributed by atoms with van der Waals surface area (Å²) in [4.78, 5) is 14.5. The number of nitrogens with two attached hydrogens (primary N) is 1. The van der Waals surface area contributed by atoms with Crippen molar-refractivity contribution in [3.63, 3.8) is 0 Å². The second kappa shape index (κ2) is 5.54. The minimum Gasteiger partial charge on any atom is -0.364 e. The number of likely N-dealkylation sites (tertiary alicyclic amines) is 1. The van der Waals surface area contributed by atoms with Gasteiger partial charge in [-0.25, -0.2) is 0 Å². The number of ether oxygens (including phenoxy) is 1. The molecule has 0 aliphatic carbocycles. The van der Waals surface area contributed by atoms with Gasteiger partial charge in [-0.1, -0.05) is 5.16 Å². The van der Waals surface area contributed by atoms with E-state index < -0.39 is 0 Å². The molecule has 2 fully saturated rings. The van der Waals surface area contributed by atoms with E-state index in [2.05, 4.69) is 5.16 Å². The fourth-order valence-corrected chi connectivity index (χ4v) is 3.11. The third kappa shape index (κ3) is 2.45. The van der Waals surface area contributed by atoms with Gasteiger partial charge < -0.3 is 19.9 Å². The summed E-state index contributed by atoms with van der Waals surface area (Å²) in [5, 5.41) is 3.92. The first-order valence-electron chi connectivity index (χ1n) is 7.28. The van der Waals surface area contributed by atoms with Gasteiger partial charge in [0.05, 0.1) is 17.8 Å². The molecule has 2 aliphatic rings. The molecular weight excluding hydrogens is 258 g/mol. The summed E-state index contributed by atoms with van der Waals surface area (Å²) < 4.78 is 11.0. The lowest BCUT2D eigenvalue weighted by molar-refractivity contribution is -0.144. The van der Waals surface area contributed by atoms with Crippen LogP contribution in [0.3, 0.4) is 0 Å². The smallest absolute Gasteiger partial charge is 0.252 e. The maximum absolute atomic E-state index is 12.6. The average molecular weight is 279 g/mol. The number of aryl methyl sites for hydroxylation is 1. The second-order valence-corrected chi connectivity index (χ2v) is 5.62. The molecule has 6 nitrogen and oxygen atoms in total. The second-order valence-electron chi connectivity index (χ2n) is 5.62. The van der Waals surface area contributed by atoms with Gasteiger partial charge in [0.15, 0.2) is 5.76 Å². The first-order valence-corrected chi connectivity index (χ1v) is 7.28. The minimum atomic E-state index is -0.340. The highest BCUT2D eigenvalue weighted by Crippen LogP contribution is 2.34. The Kier molecular flexibility index (Phi) is 3.76. The number of hydrogen-bond donors (Lipinski definition) is 1. The molecule has 0 spiro atoms. The molecule has 3 unspecified atom stereocenters. The van der Waals surface area contributed by atoms with Gasteiger partial charge in [0, 0.05) is 19.2 Å². The monoisotopic (exact) mass is 279 g/mol. The SMILES string of the molecule is Cc1cc(C2CCCN2C(=O)C2CCC(CN)O2)on1. The molecule has 6 heteroatoms. The van der Waals surface area contributed by atoms with Gasteiger partial charge in [-0.3, -0.25) is 4.79 Å². The van der Waals surface area contributed by atoms with Gasteiger partial charge >= 0.3 is 0 Å². The van der Waals surface area contributed by atoms with Gasteiger partial charge in [0.1, 0.15) is 6.10 Å². The van der Waals surface area contributed by atoms with Crippen molar-refractivity contribution in [2.45, 2.75) is 50.9 Å². The molecule has 1 aromatic rings. The lowest BCUT2D eigenvalue weighted by Gasteiger charge is -2.25. The zero-order valence-corrected chi connectivity index (χ0v) is 11.7. The molecule has 2 aliphatic heterocycles. The zero-order chi connectivity index (χ0) is 14.1. The first kappa shape index (κ1) is 13.6. The number of amides is 1. The van der Waals surface area contributed by atoms with Crippen molar-refractivity contribution in [2.24, 2.45) is 5.73 Å². The molecule has 0 saturated carbocycles. The fraction of sp³-hybridized carbons (Fsp3) is 0.714. The van der Waals surface area contributed by atoms with E-state index in [1.165, 1.54) is 0 Å². The summed E-state index contributed by atoms with van der Waals surface area (Å²) in [6, 6.07) is 1.92. The van der Waals surface area contributed by atoms with Crippen LogP contribution < -0.4 is 5.73 Å². The molecule has 20 heavy (non-hydrogen) atoms. The average Bonchev–Trinajstić information content (AvgIpc) is 3.17. The lowest BCUT2D eigenvalue weighted by atomic mass is 10.1. The van der Waals surface area contributed by atoms with E-state index in [0.29, 0.717) is 6.54 Å². The number of carbonyl (C=O) groups is 1. The third-order valence-corrected chi connectivity index (χ3v) is 4.16. The summed E-state index contributed by atoms with van der Waals surface area (Å²) in [7, 11) is 0. The predicted molar refractivity (Wildman–Crippen MR) is 71.9 cm³/mol. The highest BCUT2D eigenvalue weighted by atomic mass is 16.5. The standard InChI is InChI=1S/C14H21N3O3/c1-9-7-13(20-16-9)11-3-2-6-17(11)14(18)12-5-4-10(8-15)19-12/h7,10-12H,2-6,8,15H2,1H3. The van der Waals surface area contributed by atoms with E-state index in [1.807, 2.05) is 17.9 Å². The first-order chi connectivity index (χ1) is 9.69. The lowest BCUT2D eigenvalue weighted by Crippen LogP contribution is -2.39. The molecular formula is C14H21N3O3. The van der Waals surface area contributed by atoms with Gasteiger partial charge in [-0.05, 0) is 32.6 Å². The fourth-order valence-electron chi connectivity index (χ4n) is 3.11. The number of nitrogens with zero attached hydrogens (tertiary/aromatic N) is 2. The highest BCUT2D eigenvalue weighted by Gasteiger charge is 2.39. The normalized spacial score (nSPS) is 30.1. The van der Waals surface area contributed by atoms with Crippen molar-refractivity contribution in [3.05, 3.63) is 17.5 Å². The molecule has 3 atom stereocenters. The van der Waals surface area contributed by atoms with E-state index in [0.717, 1.165) is 43.7 Å². The molecule has 110 valence electrons. The predicted octanol–water partition coefficient (Wildman–Crippen LogP) is 1.15. The van der Waals surface area contributed by atoms with Crippen LogP contribution in [0.2, 0.25) is 0 Å².